The van der Waals surface area contributed by atoms with Crippen LogP contribution in [0.2, 0.25) is 51.4 Å². The number of halogens is 2. The molecule has 6 rings (SSSR count). The number of amides is 2. The van der Waals surface area contributed by atoms with Gasteiger partial charge in [0, 0.05) is 42.5 Å². The smallest absolute Gasteiger partial charge is 0.410 e. The zero-order valence-corrected chi connectivity index (χ0v) is 42.6. The molecule has 6 heterocycles. The molecule has 2 aliphatic heterocycles. The zero-order valence-electron chi connectivity index (χ0n) is 37.5. The van der Waals surface area contributed by atoms with Crippen molar-refractivity contribution in [3.05, 3.63) is 33.2 Å². The third-order valence-electron chi connectivity index (χ3n) is 9.71. The summed E-state index contributed by atoms with van der Waals surface area (Å²) in [7, 11) is -2.37. The maximum absolute atomic E-state index is 12.8. The highest BCUT2D eigenvalue weighted by Crippen LogP contribution is 2.36. The predicted molar refractivity (Wildman–Crippen MR) is 244 cm³/mol. The van der Waals surface area contributed by atoms with E-state index in [1.165, 1.54) is 0 Å². The lowest BCUT2D eigenvalue weighted by molar-refractivity contribution is 0.0195. The number of nitrogens with zero attached hydrogens (tertiary/aromatic N) is 10. The van der Waals surface area contributed by atoms with Crippen molar-refractivity contribution in [2.45, 2.75) is 155 Å². The number of carbonyl (C=O) groups is 2. The van der Waals surface area contributed by atoms with E-state index in [9.17, 15) is 9.59 Å². The third-order valence-corrected chi connectivity index (χ3v) is 13.9. The molecule has 0 radical (unpaired) electrons. The maximum atomic E-state index is 12.8. The van der Waals surface area contributed by atoms with Gasteiger partial charge in [-0.3, -0.25) is 18.9 Å². The van der Waals surface area contributed by atoms with E-state index in [2.05, 4.69) is 91.1 Å². The van der Waals surface area contributed by atoms with Crippen LogP contribution in [-0.2, 0) is 32.4 Å². The maximum Gasteiger partial charge on any atom is 0.410 e. The molecule has 332 valence electrons. The summed E-state index contributed by atoms with van der Waals surface area (Å²) in [6, 6.07) is 1.79. The molecule has 2 amide bonds. The highest BCUT2D eigenvalue weighted by Gasteiger charge is 2.38. The van der Waals surface area contributed by atoms with Gasteiger partial charge < -0.3 is 18.9 Å². The Hall–Kier alpha value is -3.05. The molecule has 4 aromatic heterocycles. The van der Waals surface area contributed by atoms with E-state index in [1.54, 1.807) is 22.2 Å². The molecular formula is C40H64Br2N10O6Si2. The highest BCUT2D eigenvalue weighted by molar-refractivity contribution is 9.10. The Balaban J connectivity index is 0.000000228. The first kappa shape index (κ1) is 48.0. The van der Waals surface area contributed by atoms with Crippen molar-refractivity contribution >= 4 is 82.8 Å². The number of likely N-dealkylation sites (tertiary alicyclic amines) is 2. The second-order valence-corrected chi connectivity index (χ2v) is 32.7. The van der Waals surface area contributed by atoms with Crippen LogP contribution in [0.15, 0.2) is 21.6 Å². The first-order valence-electron chi connectivity index (χ1n) is 20.8. The predicted octanol–water partition coefficient (Wildman–Crippen LogP) is 9.95. The van der Waals surface area contributed by atoms with Crippen LogP contribution in [0.3, 0.4) is 0 Å². The van der Waals surface area contributed by atoms with Crippen molar-refractivity contribution in [2.24, 2.45) is 0 Å². The Labute approximate surface area is 373 Å². The van der Waals surface area contributed by atoms with Crippen molar-refractivity contribution in [1.82, 2.24) is 48.8 Å². The fourth-order valence-corrected chi connectivity index (χ4v) is 8.82. The molecule has 0 N–H and O–H groups in total. The first-order chi connectivity index (χ1) is 27.9. The first-order valence-corrected chi connectivity index (χ1v) is 29.8. The normalized spacial score (nSPS) is 17.7. The Morgan fingerprint density at radius 3 is 1.55 bits per heavy atom. The van der Waals surface area contributed by atoms with Gasteiger partial charge in [-0.25, -0.2) is 39.5 Å². The van der Waals surface area contributed by atoms with E-state index in [1.807, 2.05) is 50.7 Å². The number of hydrogen-bond donors (Lipinski definition) is 0. The van der Waals surface area contributed by atoms with Crippen LogP contribution in [0.4, 0.5) is 9.59 Å². The second-order valence-electron chi connectivity index (χ2n) is 19.8. The largest absolute Gasteiger partial charge is 0.444 e. The molecular weight excluding hydrogens is 932 g/mol. The molecule has 0 saturated carbocycles. The van der Waals surface area contributed by atoms with Crippen LogP contribution in [0.25, 0.3) is 22.6 Å². The summed E-state index contributed by atoms with van der Waals surface area (Å²) in [5, 5.41) is 0. The topological polar surface area (TPSA) is 165 Å². The minimum Gasteiger partial charge on any atom is -0.444 e. The van der Waals surface area contributed by atoms with Crippen LogP contribution in [0, 0.1) is 0 Å². The Bertz CT molecular complexity index is 2060. The Morgan fingerprint density at radius 2 is 1.08 bits per heavy atom. The number of rotatable bonds is 12. The van der Waals surface area contributed by atoms with Crippen molar-refractivity contribution in [2.75, 3.05) is 26.3 Å². The summed E-state index contributed by atoms with van der Waals surface area (Å²) >= 11 is 6.77. The molecule has 16 nitrogen and oxygen atoms in total. The van der Waals surface area contributed by atoms with Crippen molar-refractivity contribution in [3.63, 3.8) is 0 Å². The van der Waals surface area contributed by atoms with Crippen molar-refractivity contribution < 1.29 is 28.5 Å². The molecule has 20 heteroatoms. The summed E-state index contributed by atoms with van der Waals surface area (Å²) in [6.07, 6.45) is 6.10. The van der Waals surface area contributed by atoms with E-state index in [-0.39, 0.29) is 24.3 Å². The van der Waals surface area contributed by atoms with Crippen LogP contribution in [0.1, 0.15) is 91.0 Å². The van der Waals surface area contributed by atoms with Crippen molar-refractivity contribution in [1.29, 1.82) is 0 Å². The fraction of sp³-hybridized carbons (Fsp3) is 0.700. The van der Waals surface area contributed by atoms with Gasteiger partial charge in [0.05, 0.1) is 24.5 Å². The fourth-order valence-electron chi connectivity index (χ4n) is 6.76. The van der Waals surface area contributed by atoms with E-state index >= 15 is 0 Å². The lowest BCUT2D eigenvalue weighted by Crippen LogP contribution is -2.37. The summed E-state index contributed by atoms with van der Waals surface area (Å²) in [6.45, 7) is 28.6. The molecule has 0 spiro atoms. The second kappa shape index (κ2) is 19.6. The number of hydrogen-bond acceptors (Lipinski definition) is 12. The van der Waals surface area contributed by atoms with Crippen LogP contribution in [-0.4, -0.2) is 115 Å². The summed E-state index contributed by atoms with van der Waals surface area (Å²) < 4.78 is 28.4. The average Bonchev–Trinajstić information content (AvgIpc) is 3.91. The van der Waals surface area contributed by atoms with E-state index in [0.717, 1.165) is 49.4 Å². The van der Waals surface area contributed by atoms with Gasteiger partial charge in [-0.05, 0) is 111 Å². The lowest BCUT2D eigenvalue weighted by atomic mass is 10.2. The molecule has 0 unspecified atom stereocenters. The molecule has 2 aliphatic rings. The number of ether oxygens (including phenoxy) is 4. The average molecular weight is 997 g/mol. The SMILES string of the molecule is CC(C)(C)OC(=O)N1CCC[C@H]1c1nc2nc(Br)cnc2n1COCC[Si](C)(C)C.CC(C)(C)OC(=O)N1CCC[C@H]1c1nc2ncc(Br)nc2n1COCC[Si](C)(C)C. The van der Waals surface area contributed by atoms with Crippen LogP contribution >= 0.6 is 31.9 Å². The minimum absolute atomic E-state index is 0.185. The molecule has 2 fully saturated rings. The molecule has 4 aromatic rings. The van der Waals surface area contributed by atoms with Gasteiger partial charge in [-0.1, -0.05) is 39.3 Å². The quantitative estimate of drug-likeness (QED) is 0.0976. The monoisotopic (exact) mass is 994 g/mol. The van der Waals surface area contributed by atoms with Gasteiger partial charge in [0.1, 0.15) is 45.5 Å². The summed E-state index contributed by atoms with van der Waals surface area (Å²) in [5.74, 6) is 1.50. The highest BCUT2D eigenvalue weighted by atomic mass is 79.9. The summed E-state index contributed by atoms with van der Waals surface area (Å²) in [4.78, 5) is 56.6. The third kappa shape index (κ3) is 13.5. The van der Waals surface area contributed by atoms with Gasteiger partial charge >= 0.3 is 12.2 Å². The molecule has 0 bridgehead atoms. The van der Waals surface area contributed by atoms with Gasteiger partial charge in [0.25, 0.3) is 0 Å². The zero-order chi connectivity index (χ0) is 44.2. The Kier molecular flexibility index (Phi) is 15.6. The Morgan fingerprint density at radius 1 is 0.650 bits per heavy atom. The minimum atomic E-state index is -1.18. The van der Waals surface area contributed by atoms with Crippen molar-refractivity contribution in [3.8, 4) is 0 Å². The number of aromatic nitrogens is 8. The van der Waals surface area contributed by atoms with Crippen LogP contribution < -0.4 is 0 Å². The van der Waals surface area contributed by atoms with Gasteiger partial charge in [-0.15, -0.1) is 0 Å². The van der Waals surface area contributed by atoms with Gasteiger partial charge in [-0.2, -0.15) is 0 Å². The number of fused-ring (bicyclic) bond motifs is 2. The number of imidazole rings is 2. The standard InChI is InChI=1S/2C20H32BrN5O3Si/c1-20(2,3)29-19(27)25-9-7-8-14(25)17-24-16-18(22-12-15(21)23-16)26(17)13-28-10-11-30(4,5)6;1-20(2,3)29-19(27)25-9-7-8-14(25)17-24-16-18(23-15(21)12-22-16)26(17)13-28-10-11-30(4,5)6/h2*12,14H,7-11,13H2,1-6H3/t2*14-/m00/s1. The molecule has 0 aromatic carbocycles. The van der Waals surface area contributed by atoms with E-state index in [0.29, 0.717) is 71.6 Å². The molecule has 60 heavy (non-hydrogen) atoms. The summed E-state index contributed by atoms with van der Waals surface area (Å²) in [5.41, 5.74) is 1.33. The van der Waals surface area contributed by atoms with Gasteiger partial charge in [0.15, 0.2) is 22.6 Å². The lowest BCUT2D eigenvalue weighted by Gasteiger charge is -2.28. The van der Waals surface area contributed by atoms with Crippen LogP contribution in [0.5, 0.6) is 0 Å². The molecule has 2 saturated heterocycles. The van der Waals surface area contributed by atoms with E-state index < -0.39 is 27.3 Å². The van der Waals surface area contributed by atoms with E-state index in [4.69, 9.17) is 28.9 Å². The molecule has 2 atom stereocenters. The molecule has 0 aliphatic carbocycles. The van der Waals surface area contributed by atoms with Gasteiger partial charge in [0.2, 0.25) is 0 Å². The number of carbonyl (C=O) groups excluding carboxylic acids is 2.